The Hall–Kier alpha value is -1.62. The molecule has 1 aromatic carbocycles. The van der Waals surface area contributed by atoms with Crippen LogP contribution in [0.3, 0.4) is 0 Å². The predicted molar refractivity (Wildman–Crippen MR) is 86.6 cm³/mol. The van der Waals surface area contributed by atoms with Crippen LogP contribution in [0.4, 0.5) is 5.82 Å². The number of ketones is 1. The van der Waals surface area contributed by atoms with E-state index in [1.807, 2.05) is 38.1 Å². The summed E-state index contributed by atoms with van der Waals surface area (Å²) in [6.07, 6.45) is 0.934. The van der Waals surface area contributed by atoms with Gasteiger partial charge in [-0.25, -0.2) is 4.68 Å². The SMILES string of the molecule is Br.CCCn1nc(C)c(C(=O)c2ccccc2C)c1N. The zero-order chi connectivity index (χ0) is 14.0. The predicted octanol–water partition coefficient (Wildman–Crippen LogP) is 3.30. The molecule has 2 N–H and O–H groups in total. The maximum Gasteiger partial charge on any atom is 0.198 e. The largest absolute Gasteiger partial charge is 0.383 e. The third kappa shape index (κ3) is 2.93. The van der Waals surface area contributed by atoms with Gasteiger partial charge in [0.05, 0.1) is 11.3 Å². The third-order valence-electron chi connectivity index (χ3n) is 3.22. The topological polar surface area (TPSA) is 60.9 Å². The van der Waals surface area contributed by atoms with Crippen LogP contribution in [0.1, 0.15) is 40.5 Å². The van der Waals surface area contributed by atoms with Crippen LogP contribution in [0.25, 0.3) is 0 Å². The smallest absolute Gasteiger partial charge is 0.198 e. The molecule has 0 fully saturated rings. The fourth-order valence-electron chi connectivity index (χ4n) is 2.22. The Morgan fingerprint density at radius 2 is 1.95 bits per heavy atom. The highest BCUT2D eigenvalue weighted by molar-refractivity contribution is 8.93. The molecule has 0 aliphatic carbocycles. The van der Waals surface area contributed by atoms with E-state index in [0.717, 1.165) is 18.5 Å². The number of anilines is 1. The van der Waals surface area contributed by atoms with Crippen molar-refractivity contribution in [2.75, 3.05) is 5.73 Å². The molecule has 0 atom stereocenters. The number of hydrogen-bond acceptors (Lipinski definition) is 3. The van der Waals surface area contributed by atoms with Crippen molar-refractivity contribution in [1.82, 2.24) is 9.78 Å². The number of nitrogens with zero attached hydrogens (tertiary/aromatic N) is 2. The molecule has 4 nitrogen and oxygen atoms in total. The lowest BCUT2D eigenvalue weighted by atomic mass is 9.99. The molecule has 0 unspecified atom stereocenters. The summed E-state index contributed by atoms with van der Waals surface area (Å²) in [6, 6.07) is 7.54. The van der Waals surface area contributed by atoms with Crippen molar-refractivity contribution in [2.45, 2.75) is 33.7 Å². The van der Waals surface area contributed by atoms with Crippen LogP contribution in [0.5, 0.6) is 0 Å². The highest BCUT2D eigenvalue weighted by Crippen LogP contribution is 2.22. The van der Waals surface area contributed by atoms with Crippen LogP contribution in [0, 0.1) is 13.8 Å². The van der Waals surface area contributed by atoms with Gasteiger partial charge in [0.1, 0.15) is 5.82 Å². The number of carbonyl (C=O) groups excluding carboxylic acids is 1. The van der Waals surface area contributed by atoms with Crippen LogP contribution < -0.4 is 5.73 Å². The van der Waals surface area contributed by atoms with E-state index in [0.29, 0.717) is 22.6 Å². The number of hydrogen-bond donors (Lipinski definition) is 1. The Morgan fingerprint density at radius 1 is 1.30 bits per heavy atom. The van der Waals surface area contributed by atoms with E-state index in [1.165, 1.54) is 0 Å². The molecule has 0 aliphatic rings. The van der Waals surface area contributed by atoms with E-state index in [9.17, 15) is 4.79 Å². The molecule has 0 bridgehead atoms. The van der Waals surface area contributed by atoms with E-state index in [1.54, 1.807) is 4.68 Å². The zero-order valence-electron chi connectivity index (χ0n) is 12.0. The first-order valence-corrected chi connectivity index (χ1v) is 6.49. The molecular formula is C15H20BrN3O. The van der Waals surface area contributed by atoms with Gasteiger partial charge < -0.3 is 5.73 Å². The van der Waals surface area contributed by atoms with Crippen molar-refractivity contribution in [3.8, 4) is 0 Å². The third-order valence-corrected chi connectivity index (χ3v) is 3.22. The molecule has 5 heteroatoms. The van der Waals surface area contributed by atoms with Gasteiger partial charge in [-0.1, -0.05) is 31.2 Å². The molecule has 0 saturated carbocycles. The second-order valence-corrected chi connectivity index (χ2v) is 4.71. The maximum absolute atomic E-state index is 12.6. The summed E-state index contributed by atoms with van der Waals surface area (Å²) in [5, 5.41) is 4.35. The van der Waals surface area contributed by atoms with Gasteiger partial charge in [-0.2, -0.15) is 5.10 Å². The molecule has 0 saturated heterocycles. The van der Waals surface area contributed by atoms with Gasteiger partial charge in [0, 0.05) is 12.1 Å². The van der Waals surface area contributed by atoms with Crippen LogP contribution in [0.15, 0.2) is 24.3 Å². The molecule has 20 heavy (non-hydrogen) atoms. The molecule has 0 aliphatic heterocycles. The second-order valence-electron chi connectivity index (χ2n) is 4.71. The molecule has 2 rings (SSSR count). The molecule has 0 spiro atoms. The first-order valence-electron chi connectivity index (χ1n) is 6.49. The van der Waals surface area contributed by atoms with Gasteiger partial charge >= 0.3 is 0 Å². The van der Waals surface area contributed by atoms with E-state index < -0.39 is 0 Å². The van der Waals surface area contributed by atoms with Gasteiger partial charge in [0.2, 0.25) is 0 Å². The summed E-state index contributed by atoms with van der Waals surface area (Å²) in [4.78, 5) is 12.6. The molecule has 1 heterocycles. The summed E-state index contributed by atoms with van der Waals surface area (Å²) in [5.41, 5.74) is 8.92. The molecule has 1 aromatic heterocycles. The first-order chi connectivity index (χ1) is 9.06. The van der Waals surface area contributed by atoms with Gasteiger partial charge in [-0.15, -0.1) is 17.0 Å². The van der Waals surface area contributed by atoms with Crippen LogP contribution in [-0.4, -0.2) is 15.6 Å². The summed E-state index contributed by atoms with van der Waals surface area (Å²) in [5.74, 6) is 0.419. The number of carbonyl (C=O) groups is 1. The standard InChI is InChI=1S/C15H19N3O.BrH/c1-4-9-18-15(16)13(11(3)17-18)14(19)12-8-6-5-7-10(12)2;/h5-8H,4,9,16H2,1-3H3;1H. The van der Waals surface area contributed by atoms with Crippen molar-refractivity contribution < 1.29 is 4.79 Å². The number of halogens is 1. The minimum Gasteiger partial charge on any atom is -0.383 e. The number of nitrogens with two attached hydrogens (primary N) is 1. The highest BCUT2D eigenvalue weighted by Gasteiger charge is 2.21. The summed E-state index contributed by atoms with van der Waals surface area (Å²) in [6.45, 7) is 6.54. The van der Waals surface area contributed by atoms with Crippen molar-refractivity contribution in [2.24, 2.45) is 0 Å². The maximum atomic E-state index is 12.6. The lowest BCUT2D eigenvalue weighted by molar-refractivity contribution is 0.103. The lowest BCUT2D eigenvalue weighted by Crippen LogP contribution is -2.09. The van der Waals surface area contributed by atoms with E-state index >= 15 is 0 Å². The average Bonchev–Trinajstić information content (AvgIpc) is 2.65. The molecule has 2 aromatic rings. The van der Waals surface area contributed by atoms with Gasteiger partial charge in [0.25, 0.3) is 0 Å². The number of aromatic nitrogens is 2. The normalized spacial score (nSPS) is 10.2. The fraction of sp³-hybridized carbons (Fsp3) is 0.333. The van der Waals surface area contributed by atoms with Gasteiger partial charge in [-0.3, -0.25) is 4.79 Å². The minimum absolute atomic E-state index is 0. The van der Waals surface area contributed by atoms with E-state index in [4.69, 9.17) is 5.73 Å². The van der Waals surface area contributed by atoms with Gasteiger partial charge in [-0.05, 0) is 25.8 Å². The zero-order valence-corrected chi connectivity index (χ0v) is 13.7. The minimum atomic E-state index is -0.0459. The molecule has 0 amide bonds. The lowest BCUT2D eigenvalue weighted by Gasteiger charge is -2.05. The summed E-state index contributed by atoms with van der Waals surface area (Å²) < 4.78 is 1.71. The molecule has 108 valence electrons. The Balaban J connectivity index is 0.00000200. The molecule has 0 radical (unpaired) electrons. The monoisotopic (exact) mass is 337 g/mol. The van der Waals surface area contributed by atoms with Gasteiger partial charge in [0.15, 0.2) is 5.78 Å². The van der Waals surface area contributed by atoms with Crippen molar-refractivity contribution in [3.05, 3.63) is 46.6 Å². The Bertz CT molecular complexity index is 620. The number of benzene rings is 1. The molecular weight excluding hydrogens is 318 g/mol. The number of rotatable bonds is 4. The van der Waals surface area contributed by atoms with Crippen molar-refractivity contribution in [3.63, 3.8) is 0 Å². The quantitative estimate of drug-likeness (QED) is 0.870. The van der Waals surface area contributed by atoms with Crippen LogP contribution in [0.2, 0.25) is 0 Å². The fourth-order valence-corrected chi connectivity index (χ4v) is 2.22. The number of aryl methyl sites for hydroxylation is 3. The number of nitrogen functional groups attached to an aromatic ring is 1. The highest BCUT2D eigenvalue weighted by atomic mass is 79.9. The average molecular weight is 338 g/mol. The Labute approximate surface area is 129 Å². The van der Waals surface area contributed by atoms with E-state index in [2.05, 4.69) is 12.0 Å². The summed E-state index contributed by atoms with van der Waals surface area (Å²) >= 11 is 0. The van der Waals surface area contributed by atoms with Crippen LogP contribution >= 0.6 is 17.0 Å². The Kier molecular flexibility index (Phi) is 5.51. The second kappa shape index (κ2) is 6.70. The van der Waals surface area contributed by atoms with Crippen LogP contribution in [-0.2, 0) is 6.54 Å². The van der Waals surface area contributed by atoms with Crippen molar-refractivity contribution in [1.29, 1.82) is 0 Å². The Morgan fingerprint density at radius 3 is 2.55 bits per heavy atom. The summed E-state index contributed by atoms with van der Waals surface area (Å²) in [7, 11) is 0. The van der Waals surface area contributed by atoms with Crippen molar-refractivity contribution >= 4 is 28.6 Å². The van der Waals surface area contributed by atoms with E-state index in [-0.39, 0.29) is 22.8 Å². The first kappa shape index (κ1) is 16.4.